The van der Waals surface area contributed by atoms with Gasteiger partial charge in [-0.2, -0.15) is 4.31 Å². The number of hydrogen-bond donors (Lipinski definition) is 3. The lowest BCUT2D eigenvalue weighted by Gasteiger charge is -2.38. The number of aliphatic carboxylic acids is 2. The molecule has 0 atom stereocenters. The zero-order chi connectivity index (χ0) is 22.9. The predicted octanol–water partition coefficient (Wildman–Crippen LogP) is 1.30. The fourth-order valence-corrected chi connectivity index (χ4v) is 4.60. The third-order valence-electron chi connectivity index (χ3n) is 4.73. The third kappa shape index (κ3) is 7.39. The number of anilines is 1. The molecule has 0 aliphatic carbocycles. The molecule has 1 aliphatic rings. The molecule has 0 aromatic heterocycles. The Balaban J connectivity index is 0.000000656. The highest BCUT2D eigenvalue weighted by Crippen LogP contribution is 2.21. The van der Waals surface area contributed by atoms with Crippen molar-refractivity contribution in [1.82, 2.24) is 9.21 Å². The van der Waals surface area contributed by atoms with Crippen LogP contribution in [0.3, 0.4) is 0 Å². The average molecular weight is 444 g/mol. The Kier molecular flexibility index (Phi) is 9.90. The molecule has 1 saturated heterocycles. The number of carboxylic acid groups (broad SMARTS) is 2. The van der Waals surface area contributed by atoms with Crippen molar-refractivity contribution in [1.29, 1.82) is 0 Å². The van der Waals surface area contributed by atoms with E-state index in [0.29, 0.717) is 24.8 Å². The van der Waals surface area contributed by atoms with Crippen molar-refractivity contribution in [2.75, 3.05) is 31.5 Å². The molecule has 0 bridgehead atoms. The molecule has 168 valence electrons. The number of sulfonamides is 1. The molecule has 3 N–H and O–H groups in total. The van der Waals surface area contributed by atoms with Crippen LogP contribution in [0.25, 0.3) is 0 Å². The highest BCUT2D eigenvalue weighted by molar-refractivity contribution is 7.89. The Morgan fingerprint density at radius 1 is 0.967 bits per heavy atom. The molecule has 0 radical (unpaired) electrons. The average Bonchev–Trinajstić information content (AvgIpc) is 2.69. The van der Waals surface area contributed by atoms with Gasteiger partial charge >= 0.3 is 11.9 Å². The quantitative estimate of drug-likeness (QED) is 0.558. The van der Waals surface area contributed by atoms with Crippen LogP contribution < -0.4 is 5.32 Å². The van der Waals surface area contributed by atoms with E-state index >= 15 is 0 Å². The second kappa shape index (κ2) is 11.6. The van der Waals surface area contributed by atoms with Crippen LogP contribution in [0, 0.1) is 0 Å². The Morgan fingerprint density at radius 3 is 1.80 bits per heavy atom. The lowest BCUT2D eigenvalue weighted by atomic mass is 10.1. The minimum absolute atomic E-state index is 0.178. The molecule has 30 heavy (non-hydrogen) atoms. The number of nitrogens with one attached hydrogen (secondary N) is 1. The summed E-state index contributed by atoms with van der Waals surface area (Å²) in [7, 11) is -3.48. The Morgan fingerprint density at radius 2 is 1.43 bits per heavy atom. The largest absolute Gasteiger partial charge is 0.473 e. The van der Waals surface area contributed by atoms with Crippen LogP contribution in [0.4, 0.5) is 5.69 Å². The van der Waals surface area contributed by atoms with Crippen molar-refractivity contribution in [2.24, 2.45) is 0 Å². The van der Waals surface area contributed by atoms with Gasteiger partial charge in [-0.15, -0.1) is 0 Å². The van der Waals surface area contributed by atoms with E-state index < -0.39 is 22.0 Å². The van der Waals surface area contributed by atoms with Gasteiger partial charge < -0.3 is 15.5 Å². The molecule has 1 aromatic carbocycles. The second-order valence-corrected chi connectivity index (χ2v) is 8.66. The SMILES string of the molecule is CCC(CC)N1CCN(S(=O)(=O)c2ccc(NC(C)=O)cc2)CC1.O=C(O)C(=O)O. The standard InChI is InChI=1S/C17H27N3O3S.C2H2O4/c1-4-16(5-2)19-10-12-20(13-11-19)24(22,23)17-8-6-15(7-9-17)18-14(3)21;3-1(4)2(5)6/h6-9,16H,4-5,10-13H2,1-3H3,(H,18,21);(H,3,4)(H,5,6). The first-order valence-corrected chi connectivity index (χ1v) is 11.0. The van der Waals surface area contributed by atoms with E-state index in [4.69, 9.17) is 19.8 Å². The first-order chi connectivity index (χ1) is 14.0. The summed E-state index contributed by atoms with van der Waals surface area (Å²) in [6.45, 7) is 8.36. The summed E-state index contributed by atoms with van der Waals surface area (Å²) < 4.78 is 27.1. The van der Waals surface area contributed by atoms with Gasteiger partial charge in [0.05, 0.1) is 4.90 Å². The summed E-state index contributed by atoms with van der Waals surface area (Å²) in [6.07, 6.45) is 2.18. The molecular weight excluding hydrogens is 414 g/mol. The number of amides is 1. The smallest absolute Gasteiger partial charge is 0.414 e. The van der Waals surface area contributed by atoms with Crippen molar-refractivity contribution < 1.29 is 33.0 Å². The van der Waals surface area contributed by atoms with Crippen LogP contribution in [0.2, 0.25) is 0 Å². The van der Waals surface area contributed by atoms with Crippen LogP contribution >= 0.6 is 0 Å². The summed E-state index contributed by atoms with van der Waals surface area (Å²) >= 11 is 0. The number of benzene rings is 1. The first kappa shape index (κ1) is 25.5. The molecule has 1 aromatic rings. The van der Waals surface area contributed by atoms with Gasteiger partial charge in [-0.25, -0.2) is 18.0 Å². The monoisotopic (exact) mass is 443 g/mol. The van der Waals surface area contributed by atoms with E-state index in [9.17, 15) is 13.2 Å². The van der Waals surface area contributed by atoms with Crippen molar-refractivity contribution >= 4 is 33.6 Å². The Bertz CT molecular complexity index is 816. The number of piperazine rings is 1. The van der Waals surface area contributed by atoms with E-state index in [0.717, 1.165) is 25.9 Å². The van der Waals surface area contributed by atoms with Gasteiger partial charge in [-0.05, 0) is 37.1 Å². The molecular formula is C19H29N3O7S. The zero-order valence-corrected chi connectivity index (χ0v) is 18.2. The van der Waals surface area contributed by atoms with E-state index in [1.165, 1.54) is 6.92 Å². The van der Waals surface area contributed by atoms with Crippen LogP contribution in [0.5, 0.6) is 0 Å². The van der Waals surface area contributed by atoms with Gasteiger partial charge in [0.2, 0.25) is 15.9 Å². The number of carbonyl (C=O) groups excluding carboxylic acids is 1. The van der Waals surface area contributed by atoms with Crippen molar-refractivity contribution in [3.05, 3.63) is 24.3 Å². The molecule has 10 nitrogen and oxygen atoms in total. The molecule has 1 aliphatic heterocycles. The van der Waals surface area contributed by atoms with Gasteiger partial charge in [0.1, 0.15) is 0 Å². The van der Waals surface area contributed by atoms with Gasteiger partial charge in [0.25, 0.3) is 0 Å². The number of rotatable bonds is 6. The number of nitrogens with zero attached hydrogens (tertiary/aromatic N) is 2. The maximum Gasteiger partial charge on any atom is 0.414 e. The van der Waals surface area contributed by atoms with E-state index in [1.54, 1.807) is 28.6 Å². The van der Waals surface area contributed by atoms with Crippen LogP contribution in [-0.2, 0) is 24.4 Å². The van der Waals surface area contributed by atoms with Gasteiger partial charge in [-0.3, -0.25) is 9.69 Å². The lowest BCUT2D eigenvalue weighted by molar-refractivity contribution is -0.159. The maximum absolute atomic E-state index is 12.8. The van der Waals surface area contributed by atoms with Gasteiger partial charge in [-0.1, -0.05) is 13.8 Å². The zero-order valence-electron chi connectivity index (χ0n) is 17.4. The molecule has 1 heterocycles. The topological polar surface area (TPSA) is 144 Å². The minimum Gasteiger partial charge on any atom is -0.473 e. The Hall–Kier alpha value is -2.50. The number of carboxylic acids is 2. The van der Waals surface area contributed by atoms with Gasteiger partial charge in [0.15, 0.2) is 0 Å². The van der Waals surface area contributed by atoms with Crippen molar-refractivity contribution in [2.45, 2.75) is 44.6 Å². The molecule has 1 fully saturated rings. The van der Waals surface area contributed by atoms with Crippen molar-refractivity contribution in [3.63, 3.8) is 0 Å². The third-order valence-corrected chi connectivity index (χ3v) is 6.64. The molecule has 2 rings (SSSR count). The summed E-state index contributed by atoms with van der Waals surface area (Å²) in [5.74, 6) is -3.83. The summed E-state index contributed by atoms with van der Waals surface area (Å²) in [4.78, 5) is 31.9. The van der Waals surface area contributed by atoms with Crippen molar-refractivity contribution in [3.8, 4) is 0 Å². The highest BCUT2D eigenvalue weighted by atomic mass is 32.2. The number of hydrogen-bond acceptors (Lipinski definition) is 6. The summed E-state index contributed by atoms with van der Waals surface area (Å²) in [5, 5.41) is 17.4. The normalized spacial score (nSPS) is 15.2. The highest BCUT2D eigenvalue weighted by Gasteiger charge is 2.30. The van der Waals surface area contributed by atoms with Crippen LogP contribution in [-0.4, -0.2) is 77.9 Å². The van der Waals surface area contributed by atoms with Crippen LogP contribution in [0.1, 0.15) is 33.6 Å². The summed E-state index contributed by atoms with van der Waals surface area (Å²) in [6, 6.07) is 6.87. The summed E-state index contributed by atoms with van der Waals surface area (Å²) in [5.41, 5.74) is 0.597. The van der Waals surface area contributed by atoms with E-state index in [-0.39, 0.29) is 10.8 Å². The Labute approximate surface area is 176 Å². The lowest BCUT2D eigenvalue weighted by Crippen LogP contribution is -2.51. The fourth-order valence-electron chi connectivity index (χ4n) is 3.18. The first-order valence-electron chi connectivity index (χ1n) is 9.60. The molecule has 0 saturated carbocycles. The maximum atomic E-state index is 12.8. The van der Waals surface area contributed by atoms with E-state index in [2.05, 4.69) is 24.1 Å². The minimum atomic E-state index is -3.48. The molecule has 1 amide bonds. The van der Waals surface area contributed by atoms with Crippen LogP contribution in [0.15, 0.2) is 29.2 Å². The number of carbonyl (C=O) groups is 3. The van der Waals surface area contributed by atoms with Gasteiger partial charge in [0, 0.05) is 44.8 Å². The second-order valence-electron chi connectivity index (χ2n) is 6.73. The van der Waals surface area contributed by atoms with E-state index in [1.807, 2.05) is 0 Å². The molecule has 0 unspecified atom stereocenters. The molecule has 0 spiro atoms. The predicted molar refractivity (Wildman–Crippen MR) is 111 cm³/mol. The fraction of sp³-hybridized carbons (Fsp3) is 0.526. The molecule has 11 heteroatoms.